The van der Waals surface area contributed by atoms with Crippen LogP contribution >= 0.6 is 0 Å². The van der Waals surface area contributed by atoms with Crippen LogP contribution in [0.2, 0.25) is 0 Å². The fourth-order valence-corrected chi connectivity index (χ4v) is 2.95. The van der Waals surface area contributed by atoms with E-state index in [1.165, 1.54) is 0 Å². The Labute approximate surface area is 127 Å². The SMILES string of the molecule is CC(C)N(CCCC(=O)O)C1CCN(C(=O)N(C)C)CC1. The van der Waals surface area contributed by atoms with Crippen LogP contribution in [-0.4, -0.2) is 77.6 Å². The normalized spacial score (nSPS) is 16.6. The molecule has 1 aliphatic heterocycles. The number of urea groups is 1. The van der Waals surface area contributed by atoms with Gasteiger partial charge in [-0.3, -0.25) is 9.69 Å². The van der Waals surface area contributed by atoms with Crippen molar-refractivity contribution in [2.75, 3.05) is 33.7 Å². The number of hydrogen-bond donors (Lipinski definition) is 1. The standard InChI is InChI=1S/C15H29N3O3/c1-12(2)18(9-5-6-14(19)20)13-7-10-17(11-8-13)15(21)16(3)4/h12-13H,5-11H2,1-4H3,(H,19,20). The molecule has 6 heteroatoms. The molecule has 0 spiro atoms. The summed E-state index contributed by atoms with van der Waals surface area (Å²) < 4.78 is 0. The molecule has 0 aliphatic carbocycles. The van der Waals surface area contributed by atoms with E-state index in [2.05, 4.69) is 18.7 Å². The number of amides is 2. The van der Waals surface area contributed by atoms with Crippen molar-refractivity contribution < 1.29 is 14.7 Å². The van der Waals surface area contributed by atoms with Crippen LogP contribution in [-0.2, 0) is 4.79 Å². The highest BCUT2D eigenvalue weighted by Crippen LogP contribution is 2.20. The van der Waals surface area contributed by atoms with E-state index in [0.717, 1.165) is 32.5 Å². The van der Waals surface area contributed by atoms with Gasteiger partial charge in [0.05, 0.1) is 0 Å². The molecule has 0 atom stereocenters. The number of nitrogens with zero attached hydrogens (tertiary/aromatic N) is 3. The lowest BCUT2D eigenvalue weighted by atomic mass is 10.0. The van der Waals surface area contributed by atoms with Gasteiger partial charge in [-0.1, -0.05) is 0 Å². The van der Waals surface area contributed by atoms with Gasteiger partial charge in [-0.15, -0.1) is 0 Å². The number of carbonyl (C=O) groups excluding carboxylic acids is 1. The minimum atomic E-state index is -0.731. The van der Waals surface area contributed by atoms with Crippen molar-refractivity contribution >= 4 is 12.0 Å². The molecular weight excluding hydrogens is 270 g/mol. The number of hydrogen-bond acceptors (Lipinski definition) is 3. The maximum absolute atomic E-state index is 11.9. The van der Waals surface area contributed by atoms with E-state index >= 15 is 0 Å². The monoisotopic (exact) mass is 299 g/mol. The summed E-state index contributed by atoms with van der Waals surface area (Å²) in [7, 11) is 3.56. The maximum Gasteiger partial charge on any atom is 0.319 e. The van der Waals surface area contributed by atoms with Gasteiger partial charge in [0.15, 0.2) is 0 Å². The van der Waals surface area contributed by atoms with E-state index < -0.39 is 5.97 Å². The summed E-state index contributed by atoms with van der Waals surface area (Å²) >= 11 is 0. The van der Waals surface area contributed by atoms with Gasteiger partial charge in [0.1, 0.15) is 0 Å². The summed E-state index contributed by atoms with van der Waals surface area (Å²) in [6, 6.07) is 0.931. The van der Waals surface area contributed by atoms with E-state index in [1.807, 2.05) is 4.90 Å². The lowest BCUT2D eigenvalue weighted by Crippen LogP contribution is -2.51. The minimum Gasteiger partial charge on any atom is -0.481 e. The molecule has 2 amide bonds. The highest BCUT2D eigenvalue weighted by Gasteiger charge is 2.28. The molecule has 0 bridgehead atoms. The molecule has 0 unspecified atom stereocenters. The average molecular weight is 299 g/mol. The molecule has 0 aromatic rings. The van der Waals surface area contributed by atoms with Crippen molar-refractivity contribution in [3.63, 3.8) is 0 Å². The molecule has 0 aromatic heterocycles. The van der Waals surface area contributed by atoms with Gasteiger partial charge >= 0.3 is 12.0 Å². The first-order valence-corrected chi connectivity index (χ1v) is 7.76. The van der Waals surface area contributed by atoms with Crippen molar-refractivity contribution in [2.24, 2.45) is 0 Å². The minimum absolute atomic E-state index is 0.0791. The van der Waals surface area contributed by atoms with E-state index in [-0.39, 0.29) is 12.5 Å². The van der Waals surface area contributed by atoms with Crippen molar-refractivity contribution in [3.8, 4) is 0 Å². The number of piperidine rings is 1. The van der Waals surface area contributed by atoms with E-state index in [9.17, 15) is 9.59 Å². The Hall–Kier alpha value is -1.30. The molecule has 6 nitrogen and oxygen atoms in total. The van der Waals surface area contributed by atoms with Crippen molar-refractivity contribution in [2.45, 2.75) is 51.6 Å². The van der Waals surface area contributed by atoms with Gasteiger partial charge in [-0.05, 0) is 39.7 Å². The van der Waals surface area contributed by atoms with Crippen LogP contribution in [0.25, 0.3) is 0 Å². The third kappa shape index (κ3) is 5.53. The third-order valence-electron chi connectivity index (χ3n) is 4.06. The second-order valence-corrected chi connectivity index (χ2v) is 6.22. The quantitative estimate of drug-likeness (QED) is 0.811. The van der Waals surface area contributed by atoms with Gasteiger partial charge in [-0.2, -0.15) is 0 Å². The van der Waals surface area contributed by atoms with E-state index in [4.69, 9.17) is 5.11 Å². The van der Waals surface area contributed by atoms with E-state index in [1.54, 1.807) is 19.0 Å². The van der Waals surface area contributed by atoms with Gasteiger partial charge in [0, 0.05) is 45.7 Å². The first kappa shape index (κ1) is 17.8. The first-order chi connectivity index (χ1) is 9.82. The van der Waals surface area contributed by atoms with Crippen LogP contribution in [0, 0.1) is 0 Å². The summed E-state index contributed by atoms with van der Waals surface area (Å²) in [6.07, 6.45) is 2.83. The van der Waals surface area contributed by atoms with Gasteiger partial charge in [-0.25, -0.2) is 4.79 Å². The van der Waals surface area contributed by atoms with Crippen molar-refractivity contribution in [3.05, 3.63) is 0 Å². The zero-order valence-electron chi connectivity index (χ0n) is 13.7. The number of likely N-dealkylation sites (tertiary alicyclic amines) is 1. The lowest BCUT2D eigenvalue weighted by molar-refractivity contribution is -0.137. The Morgan fingerprint density at radius 2 is 1.81 bits per heavy atom. The van der Waals surface area contributed by atoms with Crippen molar-refractivity contribution in [1.29, 1.82) is 0 Å². The van der Waals surface area contributed by atoms with Gasteiger partial charge < -0.3 is 14.9 Å². The molecule has 1 rings (SSSR count). The maximum atomic E-state index is 11.9. The molecule has 1 heterocycles. The Morgan fingerprint density at radius 3 is 2.24 bits per heavy atom. The third-order valence-corrected chi connectivity index (χ3v) is 4.06. The second-order valence-electron chi connectivity index (χ2n) is 6.22. The molecule has 0 aromatic carbocycles. The van der Waals surface area contributed by atoms with Crippen LogP contribution in [0.1, 0.15) is 39.5 Å². The molecule has 1 N–H and O–H groups in total. The summed E-state index contributed by atoms with van der Waals surface area (Å²) in [5, 5.41) is 8.76. The number of carboxylic acid groups (broad SMARTS) is 1. The highest BCUT2D eigenvalue weighted by atomic mass is 16.4. The summed E-state index contributed by atoms with van der Waals surface area (Å²) in [4.78, 5) is 28.5. The van der Waals surface area contributed by atoms with Crippen LogP contribution in [0.3, 0.4) is 0 Å². The fraction of sp³-hybridized carbons (Fsp3) is 0.867. The summed E-state index contributed by atoms with van der Waals surface area (Å²) in [6.45, 7) is 6.68. The lowest BCUT2D eigenvalue weighted by Gasteiger charge is -2.41. The van der Waals surface area contributed by atoms with Crippen LogP contribution in [0.4, 0.5) is 4.79 Å². The Balaban J connectivity index is 2.48. The molecule has 1 aliphatic rings. The zero-order valence-corrected chi connectivity index (χ0v) is 13.7. The molecule has 0 saturated carbocycles. The van der Waals surface area contributed by atoms with Crippen LogP contribution in [0.15, 0.2) is 0 Å². The Bertz CT molecular complexity index is 350. The molecular formula is C15H29N3O3. The summed E-state index contributed by atoms with van der Waals surface area (Å²) in [5.41, 5.74) is 0. The Kier molecular flexibility index (Phi) is 6.95. The Morgan fingerprint density at radius 1 is 1.24 bits per heavy atom. The topological polar surface area (TPSA) is 64.1 Å². The number of rotatable bonds is 6. The van der Waals surface area contributed by atoms with Crippen LogP contribution in [0.5, 0.6) is 0 Å². The number of carboxylic acids is 1. The smallest absolute Gasteiger partial charge is 0.319 e. The van der Waals surface area contributed by atoms with Crippen LogP contribution < -0.4 is 0 Å². The molecule has 21 heavy (non-hydrogen) atoms. The molecule has 0 radical (unpaired) electrons. The van der Waals surface area contributed by atoms with Crippen molar-refractivity contribution in [1.82, 2.24) is 14.7 Å². The average Bonchev–Trinajstić information content (AvgIpc) is 2.42. The fourth-order valence-electron chi connectivity index (χ4n) is 2.95. The zero-order chi connectivity index (χ0) is 16.0. The predicted molar refractivity (Wildman–Crippen MR) is 82.4 cm³/mol. The molecule has 122 valence electrons. The number of carbonyl (C=O) groups is 2. The van der Waals surface area contributed by atoms with Gasteiger partial charge in [0.2, 0.25) is 0 Å². The highest BCUT2D eigenvalue weighted by molar-refractivity contribution is 5.73. The molecule has 1 saturated heterocycles. The predicted octanol–water partition coefficient (Wildman–Crippen LogP) is 1.71. The molecule has 1 fully saturated rings. The first-order valence-electron chi connectivity index (χ1n) is 7.76. The second kappa shape index (κ2) is 8.22. The largest absolute Gasteiger partial charge is 0.481 e. The van der Waals surface area contributed by atoms with Gasteiger partial charge in [0.25, 0.3) is 0 Å². The summed E-state index contributed by atoms with van der Waals surface area (Å²) in [5.74, 6) is -0.731. The number of aliphatic carboxylic acids is 1. The van der Waals surface area contributed by atoms with E-state index in [0.29, 0.717) is 18.5 Å².